The van der Waals surface area contributed by atoms with Crippen LogP contribution >= 0.6 is 7.26 Å². The van der Waals surface area contributed by atoms with Gasteiger partial charge in [-0.05, 0) is 79.4 Å². The lowest BCUT2D eigenvalue weighted by molar-refractivity contribution is -0.137. The first-order valence-electron chi connectivity index (χ1n) is 16.8. The van der Waals surface area contributed by atoms with Gasteiger partial charge in [0.05, 0.1) is 19.9 Å². The fraction of sp³-hybridized carbons (Fsp3) is 0.317. The molecule has 0 saturated carbocycles. The molecule has 0 aliphatic rings. The van der Waals surface area contributed by atoms with E-state index in [0.717, 1.165) is 24.8 Å². The highest BCUT2D eigenvalue weighted by molar-refractivity contribution is 7.95. The van der Waals surface area contributed by atoms with Gasteiger partial charge in [-0.3, -0.25) is 4.79 Å². The highest BCUT2D eigenvalue weighted by Crippen LogP contribution is 2.56. The standard InChI is InChI=1S/C41H48O5P/c1-34(42)46-39-29-27-35(33-40(39)44-2)28-30-41(43)45-31-19-8-6-4-3-5-7-9-20-32-47(36-21-13-10-14-22-36,37-23-15-11-16-24-37)38-25-17-12-18-26-38/h10-18,21-30,33H,3-9,19-20,31-32H2,1-2H3/q+1. The summed E-state index contributed by atoms with van der Waals surface area (Å²) in [5.41, 5.74) is 0.749. The molecule has 0 bridgehead atoms. The molecule has 0 aromatic heterocycles. The topological polar surface area (TPSA) is 61.8 Å². The van der Waals surface area contributed by atoms with Crippen molar-refractivity contribution in [2.24, 2.45) is 0 Å². The third-order valence-electron chi connectivity index (χ3n) is 8.33. The second-order valence-electron chi connectivity index (χ2n) is 11.7. The first kappa shape index (κ1) is 35.6. The quantitative estimate of drug-likeness (QED) is 0.0334. The largest absolute Gasteiger partial charge is 0.493 e. The Hall–Kier alpha value is -4.21. The van der Waals surface area contributed by atoms with Crippen LogP contribution in [0.4, 0.5) is 0 Å². The Kier molecular flexibility index (Phi) is 14.7. The number of carbonyl (C=O) groups excluding carboxylic acids is 2. The van der Waals surface area contributed by atoms with Gasteiger partial charge in [0.1, 0.15) is 23.2 Å². The molecule has 0 heterocycles. The molecule has 0 atom stereocenters. The van der Waals surface area contributed by atoms with Gasteiger partial charge in [-0.15, -0.1) is 0 Å². The summed E-state index contributed by atoms with van der Waals surface area (Å²) in [6.45, 7) is 1.76. The van der Waals surface area contributed by atoms with Gasteiger partial charge < -0.3 is 14.2 Å². The van der Waals surface area contributed by atoms with Crippen molar-refractivity contribution in [3.05, 3.63) is 121 Å². The molecule has 47 heavy (non-hydrogen) atoms. The van der Waals surface area contributed by atoms with E-state index in [9.17, 15) is 9.59 Å². The molecule has 4 aromatic rings. The van der Waals surface area contributed by atoms with Crippen molar-refractivity contribution in [3.8, 4) is 11.5 Å². The minimum absolute atomic E-state index is 0.341. The molecule has 4 rings (SSSR count). The summed E-state index contributed by atoms with van der Waals surface area (Å²) >= 11 is 0. The van der Waals surface area contributed by atoms with E-state index in [1.165, 1.54) is 80.7 Å². The van der Waals surface area contributed by atoms with Gasteiger partial charge in [0, 0.05) is 13.0 Å². The van der Waals surface area contributed by atoms with Crippen LogP contribution in [0.25, 0.3) is 6.08 Å². The predicted octanol–water partition coefficient (Wildman–Crippen LogP) is 8.68. The molecule has 0 unspecified atom stereocenters. The molecule has 0 aliphatic heterocycles. The van der Waals surface area contributed by atoms with E-state index in [4.69, 9.17) is 14.2 Å². The number of ether oxygens (including phenoxy) is 3. The summed E-state index contributed by atoms with van der Waals surface area (Å²) in [6, 6.07) is 38.6. The molecular formula is C41H48O5P+. The first-order chi connectivity index (χ1) is 23.0. The lowest BCUT2D eigenvalue weighted by atomic mass is 10.1. The number of methoxy groups -OCH3 is 1. The van der Waals surface area contributed by atoms with Crippen LogP contribution in [0.1, 0.15) is 70.3 Å². The number of unbranched alkanes of at least 4 members (excludes halogenated alkanes) is 8. The van der Waals surface area contributed by atoms with Crippen molar-refractivity contribution in [3.63, 3.8) is 0 Å². The molecular weight excluding hydrogens is 603 g/mol. The van der Waals surface area contributed by atoms with Crippen molar-refractivity contribution in [2.75, 3.05) is 19.9 Å². The van der Waals surface area contributed by atoms with Gasteiger partial charge in [0.2, 0.25) is 0 Å². The molecule has 4 aromatic carbocycles. The SMILES string of the molecule is COc1cc(C=CC(=O)OCCCCCCCCCCC[P+](c2ccccc2)(c2ccccc2)c2ccccc2)ccc1OC(C)=O. The van der Waals surface area contributed by atoms with Gasteiger partial charge in [0.25, 0.3) is 0 Å². The van der Waals surface area contributed by atoms with E-state index in [0.29, 0.717) is 18.1 Å². The molecule has 0 amide bonds. The molecule has 6 heteroatoms. The summed E-state index contributed by atoms with van der Waals surface area (Å²) in [5, 5.41) is 4.39. The lowest BCUT2D eigenvalue weighted by Crippen LogP contribution is -2.33. The van der Waals surface area contributed by atoms with Crippen LogP contribution in [-0.2, 0) is 14.3 Å². The zero-order valence-electron chi connectivity index (χ0n) is 27.8. The van der Waals surface area contributed by atoms with E-state index >= 15 is 0 Å². The minimum atomic E-state index is -1.73. The molecule has 0 N–H and O–H groups in total. The Balaban J connectivity index is 1.13. The summed E-state index contributed by atoms with van der Waals surface area (Å²) < 4.78 is 15.8. The molecule has 5 nitrogen and oxygen atoms in total. The summed E-state index contributed by atoms with van der Waals surface area (Å²) in [5.74, 6) is -0.0240. The maximum atomic E-state index is 12.1. The molecule has 246 valence electrons. The first-order valence-corrected chi connectivity index (χ1v) is 18.8. The van der Waals surface area contributed by atoms with Crippen LogP contribution in [0.2, 0.25) is 0 Å². The number of carbonyl (C=O) groups is 2. The minimum Gasteiger partial charge on any atom is -0.493 e. The molecule has 0 aliphatic carbocycles. The summed E-state index contributed by atoms with van der Waals surface area (Å²) in [6.07, 6.45) is 14.8. The van der Waals surface area contributed by atoms with Gasteiger partial charge in [0.15, 0.2) is 11.5 Å². The van der Waals surface area contributed by atoms with Crippen LogP contribution < -0.4 is 25.4 Å². The van der Waals surface area contributed by atoms with Crippen molar-refractivity contribution in [2.45, 2.75) is 64.7 Å². The Bertz CT molecular complexity index is 1440. The lowest BCUT2D eigenvalue weighted by Gasteiger charge is -2.27. The summed E-state index contributed by atoms with van der Waals surface area (Å²) in [7, 11) is -0.226. The number of benzene rings is 4. The summed E-state index contributed by atoms with van der Waals surface area (Å²) in [4.78, 5) is 23.4. The average Bonchev–Trinajstić information content (AvgIpc) is 3.11. The van der Waals surface area contributed by atoms with E-state index in [1.807, 2.05) is 0 Å². The highest BCUT2D eigenvalue weighted by Gasteiger charge is 2.44. The van der Waals surface area contributed by atoms with E-state index in [-0.39, 0.29) is 5.97 Å². The molecule has 0 fully saturated rings. The van der Waals surface area contributed by atoms with Crippen molar-refractivity contribution in [1.82, 2.24) is 0 Å². The van der Waals surface area contributed by atoms with E-state index < -0.39 is 13.2 Å². The third-order valence-corrected chi connectivity index (χ3v) is 12.9. The number of rotatable bonds is 19. The Morgan fingerprint density at radius 1 is 0.617 bits per heavy atom. The maximum absolute atomic E-state index is 12.1. The Labute approximate surface area is 281 Å². The zero-order valence-corrected chi connectivity index (χ0v) is 28.7. The molecule has 0 radical (unpaired) electrons. The fourth-order valence-corrected chi connectivity index (χ4v) is 10.4. The van der Waals surface area contributed by atoms with Crippen molar-refractivity contribution in [1.29, 1.82) is 0 Å². The average molecular weight is 652 g/mol. The van der Waals surface area contributed by atoms with Crippen LogP contribution in [0.5, 0.6) is 11.5 Å². The highest BCUT2D eigenvalue weighted by atomic mass is 31.2. The van der Waals surface area contributed by atoms with Crippen LogP contribution in [0, 0.1) is 0 Å². The zero-order chi connectivity index (χ0) is 33.2. The van der Waals surface area contributed by atoms with Crippen LogP contribution in [-0.4, -0.2) is 31.8 Å². The Morgan fingerprint density at radius 3 is 1.60 bits per heavy atom. The number of hydrogen-bond acceptors (Lipinski definition) is 5. The number of hydrogen-bond donors (Lipinski definition) is 0. The van der Waals surface area contributed by atoms with Gasteiger partial charge in [-0.1, -0.05) is 99.2 Å². The van der Waals surface area contributed by atoms with E-state index in [1.54, 1.807) is 24.3 Å². The molecule has 0 saturated heterocycles. The predicted molar refractivity (Wildman–Crippen MR) is 196 cm³/mol. The van der Waals surface area contributed by atoms with Gasteiger partial charge in [-0.25, -0.2) is 4.79 Å². The van der Waals surface area contributed by atoms with Crippen LogP contribution in [0.3, 0.4) is 0 Å². The van der Waals surface area contributed by atoms with Crippen LogP contribution in [0.15, 0.2) is 115 Å². The molecule has 0 spiro atoms. The second kappa shape index (κ2) is 19.5. The maximum Gasteiger partial charge on any atom is 0.330 e. The normalized spacial score (nSPS) is 11.4. The van der Waals surface area contributed by atoms with Gasteiger partial charge in [-0.2, -0.15) is 0 Å². The van der Waals surface area contributed by atoms with Crippen molar-refractivity contribution < 1.29 is 23.8 Å². The van der Waals surface area contributed by atoms with E-state index in [2.05, 4.69) is 91.0 Å². The van der Waals surface area contributed by atoms with Crippen molar-refractivity contribution >= 4 is 41.2 Å². The number of esters is 2. The monoisotopic (exact) mass is 651 g/mol. The Morgan fingerprint density at radius 2 is 1.11 bits per heavy atom. The third kappa shape index (κ3) is 10.9. The van der Waals surface area contributed by atoms with Gasteiger partial charge >= 0.3 is 11.9 Å². The fourth-order valence-electron chi connectivity index (χ4n) is 5.98. The second-order valence-corrected chi connectivity index (χ2v) is 15.3. The smallest absolute Gasteiger partial charge is 0.330 e.